The molecule has 0 aromatic carbocycles. The number of fused-ring (bicyclic) bond motifs is 1. The van der Waals surface area contributed by atoms with Gasteiger partial charge in [-0.05, 0) is 30.7 Å². The fourth-order valence-corrected chi connectivity index (χ4v) is 4.32. The van der Waals surface area contributed by atoms with Crippen LogP contribution in [0.4, 0.5) is 5.82 Å². The number of alkyl halides is 1. The van der Waals surface area contributed by atoms with E-state index in [2.05, 4.69) is 43.1 Å². The van der Waals surface area contributed by atoms with Gasteiger partial charge in [0.05, 0.1) is 10.2 Å². The molecule has 5 heteroatoms. The van der Waals surface area contributed by atoms with E-state index in [9.17, 15) is 0 Å². The van der Waals surface area contributed by atoms with Crippen LogP contribution < -0.4 is 4.90 Å². The number of nitrogens with zero attached hydrogens (tertiary/aromatic N) is 3. The largest absolute Gasteiger partial charge is 0.352 e. The third kappa shape index (κ3) is 2.50. The Balaban J connectivity index is 2.03. The van der Waals surface area contributed by atoms with E-state index in [0.717, 1.165) is 23.2 Å². The number of hydrogen-bond acceptors (Lipinski definition) is 4. The molecule has 1 fully saturated rings. The first-order valence-electron chi connectivity index (χ1n) is 6.82. The van der Waals surface area contributed by atoms with Gasteiger partial charge in [0.15, 0.2) is 0 Å². The molecule has 3 nitrogen and oxygen atoms in total. The molecule has 2 aromatic rings. The van der Waals surface area contributed by atoms with E-state index in [1.807, 2.05) is 0 Å². The molecule has 0 atom stereocenters. The minimum Gasteiger partial charge on any atom is -0.352 e. The van der Waals surface area contributed by atoms with Crippen LogP contribution in [-0.4, -0.2) is 27.9 Å². The summed E-state index contributed by atoms with van der Waals surface area (Å²) >= 11 is 5.35. The Kier molecular flexibility index (Phi) is 4.03. The molecule has 0 spiro atoms. The minimum absolute atomic E-state index is 0.651. The lowest BCUT2D eigenvalue weighted by atomic mass is 10.2. The van der Waals surface area contributed by atoms with Gasteiger partial charge in [0.25, 0.3) is 0 Å². The van der Waals surface area contributed by atoms with Gasteiger partial charge in [-0.1, -0.05) is 28.8 Å². The van der Waals surface area contributed by atoms with Crippen molar-refractivity contribution in [1.29, 1.82) is 0 Å². The van der Waals surface area contributed by atoms with Crippen LogP contribution in [-0.2, 0) is 0 Å². The Bertz CT molecular complexity index is 563. The Morgan fingerprint density at radius 1 is 1.37 bits per heavy atom. The number of halogens is 1. The summed E-state index contributed by atoms with van der Waals surface area (Å²) in [4.78, 5) is 11.5. The van der Waals surface area contributed by atoms with E-state index < -0.39 is 0 Å². The highest BCUT2D eigenvalue weighted by Gasteiger charge is 2.25. The van der Waals surface area contributed by atoms with Crippen LogP contribution in [0.1, 0.15) is 31.2 Å². The van der Waals surface area contributed by atoms with Crippen molar-refractivity contribution in [2.75, 3.05) is 16.8 Å². The molecule has 2 heterocycles. The molecule has 19 heavy (non-hydrogen) atoms. The van der Waals surface area contributed by atoms with Gasteiger partial charge in [0, 0.05) is 17.9 Å². The van der Waals surface area contributed by atoms with Crippen molar-refractivity contribution >= 4 is 43.3 Å². The molecule has 0 saturated heterocycles. The summed E-state index contributed by atoms with van der Waals surface area (Å²) in [5.41, 5.74) is 2.38. The number of aromatic nitrogens is 2. The lowest BCUT2D eigenvalue weighted by Crippen LogP contribution is -2.35. The normalized spacial score (nSPS) is 16.3. The second-order valence-electron chi connectivity index (χ2n) is 5.11. The van der Waals surface area contributed by atoms with Crippen LogP contribution in [0.3, 0.4) is 0 Å². The van der Waals surface area contributed by atoms with Gasteiger partial charge in [-0.25, -0.2) is 9.97 Å². The molecule has 102 valence electrons. The van der Waals surface area contributed by atoms with E-state index in [4.69, 9.17) is 0 Å². The van der Waals surface area contributed by atoms with Crippen LogP contribution in [0.25, 0.3) is 10.2 Å². The summed E-state index contributed by atoms with van der Waals surface area (Å²) in [6, 6.07) is 0.651. The van der Waals surface area contributed by atoms with Gasteiger partial charge in [-0.3, -0.25) is 0 Å². The van der Waals surface area contributed by atoms with Crippen LogP contribution in [0, 0.1) is 6.92 Å². The average molecular weight is 340 g/mol. The SMILES string of the molecule is Cc1csc2c(N(CCBr)C3CCCC3)ncnc12. The molecule has 0 N–H and O–H groups in total. The Morgan fingerprint density at radius 3 is 2.89 bits per heavy atom. The first kappa shape index (κ1) is 13.3. The van der Waals surface area contributed by atoms with E-state index in [1.54, 1.807) is 17.7 Å². The van der Waals surface area contributed by atoms with E-state index in [0.29, 0.717) is 6.04 Å². The molecule has 1 aliphatic carbocycles. The first-order valence-corrected chi connectivity index (χ1v) is 8.83. The molecule has 0 aliphatic heterocycles. The van der Waals surface area contributed by atoms with Crippen LogP contribution in [0.2, 0.25) is 0 Å². The zero-order valence-corrected chi connectivity index (χ0v) is 13.5. The van der Waals surface area contributed by atoms with Gasteiger partial charge >= 0.3 is 0 Å². The minimum atomic E-state index is 0.651. The third-order valence-corrected chi connectivity index (χ3v) is 5.31. The maximum Gasteiger partial charge on any atom is 0.150 e. The topological polar surface area (TPSA) is 29.0 Å². The summed E-state index contributed by atoms with van der Waals surface area (Å²) in [7, 11) is 0. The number of anilines is 1. The predicted molar refractivity (Wildman–Crippen MR) is 85.5 cm³/mol. The molecular weight excluding hydrogens is 322 g/mol. The zero-order valence-electron chi connectivity index (χ0n) is 11.1. The maximum absolute atomic E-state index is 4.59. The van der Waals surface area contributed by atoms with E-state index in [-0.39, 0.29) is 0 Å². The quantitative estimate of drug-likeness (QED) is 0.783. The van der Waals surface area contributed by atoms with E-state index >= 15 is 0 Å². The van der Waals surface area contributed by atoms with Gasteiger partial charge in [-0.15, -0.1) is 11.3 Å². The van der Waals surface area contributed by atoms with Gasteiger partial charge < -0.3 is 4.90 Å². The molecule has 2 aromatic heterocycles. The molecule has 0 unspecified atom stereocenters. The van der Waals surface area contributed by atoms with Crippen LogP contribution >= 0.6 is 27.3 Å². The van der Waals surface area contributed by atoms with E-state index in [1.165, 1.54) is 35.9 Å². The molecular formula is C14H18BrN3S. The van der Waals surface area contributed by atoms with Crippen molar-refractivity contribution in [2.24, 2.45) is 0 Å². The van der Waals surface area contributed by atoms with Crippen molar-refractivity contribution in [3.8, 4) is 0 Å². The highest BCUT2D eigenvalue weighted by molar-refractivity contribution is 9.09. The first-order chi connectivity index (χ1) is 9.31. The van der Waals surface area contributed by atoms with Crippen LogP contribution in [0.15, 0.2) is 11.7 Å². The van der Waals surface area contributed by atoms with Crippen molar-refractivity contribution < 1.29 is 0 Å². The second-order valence-corrected chi connectivity index (χ2v) is 6.79. The van der Waals surface area contributed by atoms with Crippen molar-refractivity contribution in [3.05, 3.63) is 17.3 Å². The zero-order chi connectivity index (χ0) is 13.2. The Morgan fingerprint density at radius 2 is 2.16 bits per heavy atom. The smallest absolute Gasteiger partial charge is 0.150 e. The molecule has 0 radical (unpaired) electrons. The highest BCUT2D eigenvalue weighted by atomic mass is 79.9. The average Bonchev–Trinajstić information content (AvgIpc) is 3.06. The number of rotatable bonds is 4. The summed E-state index contributed by atoms with van der Waals surface area (Å²) < 4.78 is 1.24. The monoisotopic (exact) mass is 339 g/mol. The summed E-state index contributed by atoms with van der Waals surface area (Å²) in [6.45, 7) is 3.15. The van der Waals surface area contributed by atoms with Gasteiger partial charge in [-0.2, -0.15) is 0 Å². The number of thiophene rings is 1. The summed E-state index contributed by atoms with van der Waals surface area (Å²) in [5.74, 6) is 1.13. The van der Waals surface area contributed by atoms with Gasteiger partial charge in [0.2, 0.25) is 0 Å². The standard InChI is InChI=1S/C14H18BrN3S/c1-10-8-19-13-12(10)16-9-17-14(13)18(7-6-15)11-4-2-3-5-11/h8-9,11H,2-7H2,1H3. The third-order valence-electron chi connectivity index (χ3n) is 3.88. The van der Waals surface area contributed by atoms with Gasteiger partial charge in [0.1, 0.15) is 12.1 Å². The maximum atomic E-state index is 4.59. The lowest BCUT2D eigenvalue weighted by molar-refractivity contribution is 0.618. The molecule has 1 aliphatic rings. The number of aryl methyl sites for hydroxylation is 1. The molecule has 0 bridgehead atoms. The molecule has 0 amide bonds. The Hall–Kier alpha value is -0.680. The number of hydrogen-bond donors (Lipinski definition) is 0. The fourth-order valence-electron chi connectivity index (χ4n) is 2.93. The van der Waals surface area contributed by atoms with Crippen molar-refractivity contribution in [2.45, 2.75) is 38.6 Å². The predicted octanol–water partition coefficient (Wildman–Crippen LogP) is 4.14. The van der Waals surface area contributed by atoms with Crippen molar-refractivity contribution in [3.63, 3.8) is 0 Å². The Labute approximate surface area is 126 Å². The van der Waals surface area contributed by atoms with Crippen molar-refractivity contribution in [1.82, 2.24) is 9.97 Å². The van der Waals surface area contributed by atoms with Crippen LogP contribution in [0.5, 0.6) is 0 Å². The second kappa shape index (κ2) is 5.75. The lowest BCUT2D eigenvalue weighted by Gasteiger charge is -2.29. The summed E-state index contributed by atoms with van der Waals surface area (Å²) in [5, 5.41) is 3.17. The highest BCUT2D eigenvalue weighted by Crippen LogP contribution is 2.34. The summed E-state index contributed by atoms with van der Waals surface area (Å²) in [6.07, 6.45) is 7.00. The molecule has 3 rings (SSSR count). The fraction of sp³-hybridized carbons (Fsp3) is 0.571. The molecule has 1 saturated carbocycles.